The first-order valence-electron chi connectivity index (χ1n) is 6.73. The zero-order valence-electron chi connectivity index (χ0n) is 11.4. The molecule has 0 amide bonds. The van der Waals surface area contributed by atoms with E-state index in [1.165, 1.54) is 41.7 Å². The van der Waals surface area contributed by atoms with Crippen molar-refractivity contribution in [3.05, 3.63) is 29.4 Å². The van der Waals surface area contributed by atoms with E-state index in [1.807, 2.05) is 17.8 Å². The van der Waals surface area contributed by atoms with Crippen LogP contribution in [0.5, 0.6) is 0 Å². The fourth-order valence-electron chi connectivity index (χ4n) is 2.70. The summed E-state index contributed by atoms with van der Waals surface area (Å²) in [6.45, 7) is 2.42. The second kappa shape index (κ2) is 5.39. The van der Waals surface area contributed by atoms with Crippen molar-refractivity contribution in [3.63, 3.8) is 0 Å². The lowest BCUT2D eigenvalue weighted by Crippen LogP contribution is -2.31. The number of benzene rings is 1. The molecule has 1 aromatic carbocycles. The van der Waals surface area contributed by atoms with Crippen LogP contribution in [-0.4, -0.2) is 34.9 Å². The van der Waals surface area contributed by atoms with E-state index in [1.54, 1.807) is 0 Å². The minimum atomic E-state index is 0.737. The van der Waals surface area contributed by atoms with Crippen LogP contribution in [0, 0.1) is 0 Å². The van der Waals surface area contributed by atoms with Crippen molar-refractivity contribution in [1.29, 1.82) is 0 Å². The number of aryl methyl sites for hydroxylation is 1. The molecule has 2 nitrogen and oxygen atoms in total. The molecule has 1 aromatic heterocycles. The third-order valence-electron chi connectivity index (χ3n) is 3.87. The molecule has 4 heteroatoms. The number of nitrogens with zero attached hydrogens (tertiary/aromatic N) is 2. The zero-order chi connectivity index (χ0) is 13.4. The molecule has 1 aliphatic heterocycles. The van der Waals surface area contributed by atoms with Crippen LogP contribution in [0.15, 0.2) is 29.3 Å². The highest BCUT2D eigenvalue weighted by Gasteiger charge is 2.19. The zero-order valence-corrected chi connectivity index (χ0v) is 13.0. The lowest BCUT2D eigenvalue weighted by molar-refractivity contribution is 0.282. The average molecular weight is 295 g/mol. The number of thioether (sulfide) groups is 1. The van der Waals surface area contributed by atoms with Crippen LogP contribution in [0.2, 0.25) is 5.02 Å². The molecule has 1 saturated heterocycles. The Balaban J connectivity index is 1.86. The Morgan fingerprint density at radius 1 is 1.21 bits per heavy atom. The fraction of sp³-hybridized carbons (Fsp3) is 0.467. The number of fused-ring (bicyclic) bond motifs is 1. The number of hydrogen-bond acceptors (Lipinski definition) is 2. The predicted octanol–water partition coefficient (Wildman–Crippen LogP) is 4.02. The van der Waals surface area contributed by atoms with Crippen LogP contribution in [0.3, 0.4) is 0 Å². The summed E-state index contributed by atoms with van der Waals surface area (Å²) in [4.78, 5) is 3.78. The van der Waals surface area contributed by atoms with Crippen LogP contribution in [0.1, 0.15) is 12.8 Å². The molecule has 0 atom stereocenters. The maximum absolute atomic E-state index is 6.14. The monoisotopic (exact) mass is 294 g/mol. The van der Waals surface area contributed by atoms with Crippen molar-refractivity contribution in [2.24, 2.45) is 7.05 Å². The summed E-state index contributed by atoms with van der Waals surface area (Å²) >= 11 is 8.16. The molecule has 0 N–H and O–H groups in total. The standard InChI is InChI=1S/C15H19ClN2S/c1-17-7-5-12(6-8-17)19-15-10-18(2)14-4-3-11(16)9-13(14)15/h3-4,9-10,12H,5-8H2,1-2H3. The van der Waals surface area contributed by atoms with Crippen LogP contribution >= 0.6 is 23.4 Å². The smallest absolute Gasteiger partial charge is 0.0490 e. The summed E-state index contributed by atoms with van der Waals surface area (Å²) in [5.41, 5.74) is 1.26. The lowest BCUT2D eigenvalue weighted by Gasteiger charge is -2.28. The first kappa shape index (κ1) is 13.3. The molecule has 0 unspecified atom stereocenters. The molecule has 19 heavy (non-hydrogen) atoms. The number of rotatable bonds is 2. The Bertz CT molecular complexity index is 585. The van der Waals surface area contributed by atoms with Gasteiger partial charge in [-0.15, -0.1) is 11.8 Å². The minimum absolute atomic E-state index is 0.737. The van der Waals surface area contributed by atoms with Crippen molar-refractivity contribution < 1.29 is 0 Å². The van der Waals surface area contributed by atoms with Gasteiger partial charge in [0.15, 0.2) is 0 Å². The molecular weight excluding hydrogens is 276 g/mol. The summed E-state index contributed by atoms with van der Waals surface area (Å²) < 4.78 is 2.20. The topological polar surface area (TPSA) is 8.17 Å². The van der Waals surface area contributed by atoms with Crippen molar-refractivity contribution in [3.8, 4) is 0 Å². The largest absolute Gasteiger partial charge is 0.349 e. The SMILES string of the molecule is CN1CCC(Sc2cn(C)c3ccc(Cl)cc23)CC1. The third-order valence-corrected chi connectivity index (χ3v) is 5.49. The van der Waals surface area contributed by atoms with E-state index in [9.17, 15) is 0 Å². The average Bonchev–Trinajstić information content (AvgIpc) is 2.69. The molecule has 102 valence electrons. The molecule has 1 aliphatic rings. The van der Waals surface area contributed by atoms with Crippen molar-refractivity contribution in [2.75, 3.05) is 20.1 Å². The van der Waals surface area contributed by atoms with Gasteiger partial charge in [-0.1, -0.05) is 11.6 Å². The van der Waals surface area contributed by atoms with Crippen molar-refractivity contribution in [2.45, 2.75) is 23.0 Å². The van der Waals surface area contributed by atoms with E-state index in [0.717, 1.165) is 10.3 Å². The quantitative estimate of drug-likeness (QED) is 0.827. The van der Waals surface area contributed by atoms with Gasteiger partial charge in [0.05, 0.1) is 0 Å². The van der Waals surface area contributed by atoms with Gasteiger partial charge in [0.1, 0.15) is 0 Å². The number of aromatic nitrogens is 1. The third kappa shape index (κ3) is 2.78. The van der Waals surface area contributed by atoms with E-state index in [4.69, 9.17) is 11.6 Å². The maximum atomic E-state index is 6.14. The Morgan fingerprint density at radius 2 is 1.95 bits per heavy atom. The summed E-state index contributed by atoms with van der Waals surface area (Å²) in [6.07, 6.45) is 4.79. The molecule has 0 saturated carbocycles. The second-order valence-electron chi connectivity index (χ2n) is 5.39. The second-order valence-corrected chi connectivity index (χ2v) is 7.16. The van der Waals surface area contributed by atoms with E-state index in [-0.39, 0.29) is 0 Å². The maximum Gasteiger partial charge on any atom is 0.0490 e. The van der Waals surface area contributed by atoms with E-state index >= 15 is 0 Å². The molecule has 0 bridgehead atoms. The summed E-state index contributed by atoms with van der Waals surface area (Å²) in [5, 5.41) is 2.85. The van der Waals surface area contributed by atoms with E-state index < -0.39 is 0 Å². The molecule has 3 rings (SSSR count). The number of halogens is 1. The number of hydrogen-bond donors (Lipinski definition) is 0. The molecule has 2 heterocycles. The van der Waals surface area contributed by atoms with Crippen LogP contribution in [-0.2, 0) is 7.05 Å². The minimum Gasteiger partial charge on any atom is -0.349 e. The van der Waals surface area contributed by atoms with Crippen LogP contribution in [0.4, 0.5) is 0 Å². The van der Waals surface area contributed by atoms with Gasteiger partial charge < -0.3 is 9.47 Å². The van der Waals surface area contributed by atoms with Gasteiger partial charge in [0.2, 0.25) is 0 Å². The Hall–Kier alpha value is -0.640. The Labute approximate surface area is 123 Å². The normalized spacial score (nSPS) is 18.3. The van der Waals surface area contributed by atoms with Crippen LogP contribution in [0.25, 0.3) is 10.9 Å². The Morgan fingerprint density at radius 3 is 2.68 bits per heavy atom. The van der Waals surface area contributed by atoms with Gasteiger partial charge in [-0.25, -0.2) is 0 Å². The number of likely N-dealkylation sites (tertiary alicyclic amines) is 1. The van der Waals surface area contributed by atoms with Crippen molar-refractivity contribution in [1.82, 2.24) is 9.47 Å². The first-order chi connectivity index (χ1) is 9.13. The van der Waals surface area contributed by atoms with Crippen LogP contribution < -0.4 is 0 Å². The predicted molar refractivity (Wildman–Crippen MR) is 84.3 cm³/mol. The molecule has 0 aliphatic carbocycles. The fourth-order valence-corrected chi connectivity index (χ4v) is 4.19. The van der Waals surface area contributed by atoms with E-state index in [0.29, 0.717) is 0 Å². The van der Waals surface area contributed by atoms with Gasteiger partial charge >= 0.3 is 0 Å². The van der Waals surface area contributed by atoms with E-state index in [2.05, 4.69) is 41.9 Å². The Kier molecular flexibility index (Phi) is 3.79. The highest BCUT2D eigenvalue weighted by atomic mass is 35.5. The van der Waals surface area contributed by atoms with Gasteiger partial charge in [0, 0.05) is 39.3 Å². The van der Waals surface area contributed by atoms with Gasteiger partial charge in [-0.3, -0.25) is 0 Å². The molecule has 2 aromatic rings. The van der Waals surface area contributed by atoms with Crippen molar-refractivity contribution >= 4 is 34.3 Å². The molecule has 0 spiro atoms. The highest BCUT2D eigenvalue weighted by Crippen LogP contribution is 2.36. The highest BCUT2D eigenvalue weighted by molar-refractivity contribution is 8.00. The lowest BCUT2D eigenvalue weighted by atomic mass is 10.1. The summed E-state index contributed by atoms with van der Waals surface area (Å²) in [6, 6.07) is 6.17. The van der Waals surface area contributed by atoms with Gasteiger partial charge in [0.25, 0.3) is 0 Å². The molecular formula is C15H19ClN2S. The van der Waals surface area contributed by atoms with Gasteiger partial charge in [-0.05, 0) is 51.2 Å². The summed E-state index contributed by atoms with van der Waals surface area (Å²) in [5.74, 6) is 0. The summed E-state index contributed by atoms with van der Waals surface area (Å²) in [7, 11) is 4.31. The first-order valence-corrected chi connectivity index (χ1v) is 7.99. The number of piperidine rings is 1. The molecule has 0 radical (unpaired) electrons. The molecule has 1 fully saturated rings. The van der Waals surface area contributed by atoms with Gasteiger partial charge in [-0.2, -0.15) is 0 Å².